The van der Waals surface area contributed by atoms with Crippen LogP contribution in [0.5, 0.6) is 0 Å². The Balaban J connectivity index is 2.56. The van der Waals surface area contributed by atoms with Gasteiger partial charge in [0.05, 0.1) is 11.5 Å². The first kappa shape index (κ1) is 16.4. The van der Waals surface area contributed by atoms with Crippen molar-refractivity contribution in [3.05, 3.63) is 38.9 Å². The number of non-ortho nitro benzene ring substituents is 1. The van der Waals surface area contributed by atoms with Crippen molar-refractivity contribution in [2.45, 2.75) is 32.9 Å². The number of carbonyl (C=O) groups is 1. The number of nitro benzene ring substituents is 1. The van der Waals surface area contributed by atoms with Crippen LogP contribution in [0.25, 0.3) is 0 Å². The number of hydrogen-bond acceptors (Lipinski definition) is 4. The van der Waals surface area contributed by atoms with Crippen LogP contribution < -0.4 is 10.6 Å². The Labute approximate surface area is 122 Å². The van der Waals surface area contributed by atoms with Gasteiger partial charge in [-0.2, -0.15) is 0 Å². The minimum absolute atomic E-state index is 0.0228. The number of amides is 1. The maximum Gasteiger partial charge on any atom is 0.269 e. The van der Waals surface area contributed by atoms with Crippen LogP contribution in [0.4, 0.5) is 5.69 Å². The average molecular weight is 300 g/mol. The quantitative estimate of drug-likeness (QED) is 0.645. The molecule has 110 valence electrons. The molecule has 0 atom stereocenters. The Bertz CT molecular complexity index is 512. The number of carbonyl (C=O) groups excluding carboxylic acids is 1. The van der Waals surface area contributed by atoms with Crippen molar-refractivity contribution < 1.29 is 9.72 Å². The van der Waals surface area contributed by atoms with Crippen LogP contribution in [0.3, 0.4) is 0 Å². The Morgan fingerprint density at radius 2 is 2.05 bits per heavy atom. The number of nitrogens with zero attached hydrogens (tertiary/aromatic N) is 1. The van der Waals surface area contributed by atoms with Crippen LogP contribution in [0, 0.1) is 10.1 Å². The summed E-state index contributed by atoms with van der Waals surface area (Å²) in [7, 11) is 0. The lowest BCUT2D eigenvalue weighted by atomic mass is 10.1. The molecular weight excluding hydrogens is 282 g/mol. The van der Waals surface area contributed by atoms with Crippen molar-refractivity contribution >= 4 is 23.2 Å². The zero-order chi connectivity index (χ0) is 15.3. The van der Waals surface area contributed by atoms with E-state index >= 15 is 0 Å². The van der Waals surface area contributed by atoms with Gasteiger partial charge in [0.25, 0.3) is 5.69 Å². The minimum Gasteiger partial charge on any atom is -0.350 e. The van der Waals surface area contributed by atoms with E-state index in [2.05, 4.69) is 10.6 Å². The maximum absolute atomic E-state index is 11.6. The molecule has 0 unspecified atom stereocenters. The Kier molecular flexibility index (Phi) is 5.47. The topological polar surface area (TPSA) is 84.3 Å². The van der Waals surface area contributed by atoms with Crippen LogP contribution in [-0.4, -0.2) is 22.9 Å². The molecular formula is C13H18ClN3O3. The lowest BCUT2D eigenvalue weighted by Gasteiger charge is -2.20. The normalized spacial score (nSPS) is 11.2. The third kappa shape index (κ3) is 5.54. The van der Waals surface area contributed by atoms with E-state index in [-0.39, 0.29) is 30.2 Å². The summed E-state index contributed by atoms with van der Waals surface area (Å²) in [6.07, 6.45) is 0. The molecule has 0 aliphatic rings. The first-order valence-corrected chi connectivity index (χ1v) is 6.51. The smallest absolute Gasteiger partial charge is 0.269 e. The molecule has 0 aromatic heterocycles. The fourth-order valence-corrected chi connectivity index (χ4v) is 1.77. The van der Waals surface area contributed by atoms with Gasteiger partial charge in [-0.25, -0.2) is 0 Å². The largest absolute Gasteiger partial charge is 0.350 e. The van der Waals surface area contributed by atoms with E-state index in [1.54, 1.807) is 0 Å². The second-order valence-corrected chi connectivity index (χ2v) is 5.84. The third-order valence-corrected chi connectivity index (χ3v) is 2.72. The molecule has 0 radical (unpaired) electrons. The molecule has 0 aliphatic heterocycles. The van der Waals surface area contributed by atoms with Crippen LogP contribution >= 0.6 is 11.6 Å². The molecule has 1 rings (SSSR count). The molecule has 0 spiro atoms. The second kappa shape index (κ2) is 6.67. The van der Waals surface area contributed by atoms with Gasteiger partial charge in [-0.15, -0.1) is 0 Å². The van der Waals surface area contributed by atoms with Gasteiger partial charge in [0.2, 0.25) is 5.91 Å². The fraction of sp³-hybridized carbons (Fsp3) is 0.462. The van der Waals surface area contributed by atoms with Gasteiger partial charge in [0.15, 0.2) is 0 Å². The molecule has 1 aromatic rings. The molecule has 0 heterocycles. The summed E-state index contributed by atoms with van der Waals surface area (Å²) in [6, 6.07) is 4.22. The first-order chi connectivity index (χ1) is 9.19. The van der Waals surface area contributed by atoms with E-state index in [9.17, 15) is 14.9 Å². The highest BCUT2D eigenvalue weighted by Gasteiger charge is 2.14. The molecule has 0 bridgehead atoms. The molecule has 0 fully saturated rings. The molecule has 0 saturated heterocycles. The summed E-state index contributed by atoms with van der Waals surface area (Å²) in [5.74, 6) is -0.140. The number of hydrogen-bond donors (Lipinski definition) is 2. The zero-order valence-corrected chi connectivity index (χ0v) is 12.5. The molecule has 1 amide bonds. The Morgan fingerprint density at radius 3 is 2.60 bits per heavy atom. The number of nitro groups is 1. The first-order valence-electron chi connectivity index (χ1n) is 6.13. The predicted octanol–water partition coefficient (Wildman–Crippen LogP) is 2.25. The summed E-state index contributed by atoms with van der Waals surface area (Å²) in [4.78, 5) is 21.8. The summed E-state index contributed by atoms with van der Waals surface area (Å²) >= 11 is 5.96. The number of benzene rings is 1. The fourth-order valence-electron chi connectivity index (χ4n) is 1.58. The molecule has 20 heavy (non-hydrogen) atoms. The molecule has 1 aromatic carbocycles. The van der Waals surface area contributed by atoms with Gasteiger partial charge in [-0.1, -0.05) is 11.6 Å². The van der Waals surface area contributed by atoms with Gasteiger partial charge in [-0.3, -0.25) is 14.9 Å². The van der Waals surface area contributed by atoms with Gasteiger partial charge >= 0.3 is 0 Å². The van der Waals surface area contributed by atoms with Crippen LogP contribution in [0.15, 0.2) is 18.2 Å². The van der Waals surface area contributed by atoms with E-state index in [0.717, 1.165) is 0 Å². The highest BCUT2D eigenvalue weighted by molar-refractivity contribution is 6.31. The van der Waals surface area contributed by atoms with Crippen LogP contribution in [0.2, 0.25) is 5.02 Å². The zero-order valence-electron chi connectivity index (χ0n) is 11.7. The molecule has 0 aliphatic carbocycles. The van der Waals surface area contributed by atoms with Gasteiger partial charge < -0.3 is 10.6 Å². The summed E-state index contributed by atoms with van der Waals surface area (Å²) in [5, 5.41) is 16.8. The van der Waals surface area contributed by atoms with E-state index in [0.29, 0.717) is 10.6 Å². The number of halogens is 1. The average Bonchev–Trinajstić information content (AvgIpc) is 2.28. The van der Waals surface area contributed by atoms with E-state index in [1.165, 1.54) is 18.2 Å². The Morgan fingerprint density at radius 1 is 1.40 bits per heavy atom. The molecule has 7 heteroatoms. The SMILES string of the molecule is CC(C)(C)NC(=O)CNCc1cc([N+](=O)[O-])ccc1Cl. The highest BCUT2D eigenvalue weighted by atomic mass is 35.5. The van der Waals surface area contributed by atoms with Gasteiger partial charge in [0, 0.05) is 29.2 Å². The standard InChI is InChI=1S/C13H18ClN3O3/c1-13(2,3)16-12(18)8-15-7-9-6-10(17(19)20)4-5-11(9)14/h4-6,15H,7-8H2,1-3H3,(H,16,18). The van der Waals surface area contributed by atoms with E-state index < -0.39 is 4.92 Å². The third-order valence-electron chi connectivity index (χ3n) is 2.36. The molecule has 6 nitrogen and oxygen atoms in total. The van der Waals surface area contributed by atoms with Crippen LogP contribution in [0.1, 0.15) is 26.3 Å². The number of rotatable bonds is 5. The van der Waals surface area contributed by atoms with Crippen molar-refractivity contribution in [3.8, 4) is 0 Å². The Hall–Kier alpha value is -1.66. The summed E-state index contributed by atoms with van der Waals surface area (Å²) in [5.41, 5.74) is 0.275. The van der Waals surface area contributed by atoms with Gasteiger partial charge in [0.1, 0.15) is 0 Å². The van der Waals surface area contributed by atoms with Crippen molar-refractivity contribution in [2.75, 3.05) is 6.54 Å². The highest BCUT2D eigenvalue weighted by Crippen LogP contribution is 2.21. The molecule has 0 saturated carbocycles. The monoisotopic (exact) mass is 299 g/mol. The van der Waals surface area contributed by atoms with Crippen LogP contribution in [-0.2, 0) is 11.3 Å². The number of nitrogens with one attached hydrogen (secondary N) is 2. The van der Waals surface area contributed by atoms with Gasteiger partial charge in [-0.05, 0) is 32.4 Å². The van der Waals surface area contributed by atoms with Crippen molar-refractivity contribution in [3.63, 3.8) is 0 Å². The van der Waals surface area contributed by atoms with E-state index in [1.807, 2.05) is 20.8 Å². The second-order valence-electron chi connectivity index (χ2n) is 5.43. The summed E-state index contributed by atoms with van der Waals surface area (Å²) in [6.45, 7) is 6.08. The summed E-state index contributed by atoms with van der Waals surface area (Å²) < 4.78 is 0. The predicted molar refractivity (Wildman–Crippen MR) is 77.7 cm³/mol. The van der Waals surface area contributed by atoms with Crippen molar-refractivity contribution in [1.29, 1.82) is 0 Å². The van der Waals surface area contributed by atoms with Crippen molar-refractivity contribution in [1.82, 2.24) is 10.6 Å². The lowest BCUT2D eigenvalue weighted by molar-refractivity contribution is -0.384. The van der Waals surface area contributed by atoms with Crippen molar-refractivity contribution in [2.24, 2.45) is 0 Å². The molecule has 2 N–H and O–H groups in total. The van der Waals surface area contributed by atoms with E-state index in [4.69, 9.17) is 11.6 Å². The minimum atomic E-state index is -0.480. The lowest BCUT2D eigenvalue weighted by Crippen LogP contribution is -2.44. The maximum atomic E-state index is 11.6.